The lowest BCUT2D eigenvalue weighted by Gasteiger charge is -2.23. The normalized spacial score (nSPS) is 11.4. The van der Waals surface area contributed by atoms with Crippen LogP contribution in [-0.4, -0.2) is 91.6 Å². The first-order chi connectivity index (χ1) is 30.8. The third-order valence-electron chi connectivity index (χ3n) is 8.55. The minimum Gasteiger partial charge on any atom is -0.447 e. The zero-order valence-corrected chi connectivity index (χ0v) is 38.4. The van der Waals surface area contributed by atoms with E-state index in [0.29, 0.717) is 50.0 Å². The van der Waals surface area contributed by atoms with Gasteiger partial charge in [0, 0.05) is 49.3 Å². The lowest BCUT2D eigenvalue weighted by molar-refractivity contribution is -0.274. The number of nitrogens with zero attached hydrogens (tertiary/aromatic N) is 5. The van der Waals surface area contributed by atoms with Crippen molar-refractivity contribution in [2.45, 2.75) is 38.2 Å². The number of rotatable bonds is 18. The number of hydroxylamine groups is 1. The Balaban J connectivity index is 0.000000244. The summed E-state index contributed by atoms with van der Waals surface area (Å²) in [5, 5.41) is 7.54. The fourth-order valence-corrected chi connectivity index (χ4v) is 8.37. The van der Waals surface area contributed by atoms with Gasteiger partial charge in [0.25, 0.3) is 0 Å². The summed E-state index contributed by atoms with van der Waals surface area (Å²) in [4.78, 5) is 61.4. The van der Waals surface area contributed by atoms with Gasteiger partial charge in [-0.15, -0.1) is 13.2 Å². The summed E-state index contributed by atoms with van der Waals surface area (Å²) in [5.74, 6) is -0.901. The van der Waals surface area contributed by atoms with Crippen molar-refractivity contribution in [1.82, 2.24) is 30.8 Å². The molecule has 6 aromatic rings. The molecule has 4 amide bonds. The van der Waals surface area contributed by atoms with E-state index in [1.807, 2.05) is 30.3 Å². The predicted octanol–water partition coefficient (Wildman–Crippen LogP) is 7.75. The number of aromatic nitrogens is 2. The molecule has 4 aromatic carbocycles. The van der Waals surface area contributed by atoms with Gasteiger partial charge in [0.15, 0.2) is 15.0 Å². The Morgan fingerprint density at radius 1 is 0.785 bits per heavy atom. The van der Waals surface area contributed by atoms with Crippen molar-refractivity contribution in [2.24, 2.45) is 0 Å². The molecule has 65 heavy (non-hydrogen) atoms. The number of carbonyl (C=O) groups is 4. The SMILES string of the molecule is CC(=O)N(CCOC(=O)Nc1nc2ccc(OC(F)(F)F)cc2s1)NCc1ccccc1Cl.CC(=O)N(CCON(C=O)c1nc2ccc(S(C)(=O)=O)cc2s1)NCc1ccccc1Cl. The number of carbonyl (C=O) groups excluding carboxylic acids is 4. The van der Waals surface area contributed by atoms with Gasteiger partial charge in [-0.25, -0.2) is 34.0 Å². The number of benzene rings is 4. The highest BCUT2D eigenvalue weighted by atomic mass is 35.5. The van der Waals surface area contributed by atoms with E-state index in [2.05, 4.69) is 30.9 Å². The smallest absolute Gasteiger partial charge is 0.447 e. The van der Waals surface area contributed by atoms with Gasteiger partial charge in [-0.2, -0.15) is 5.06 Å². The van der Waals surface area contributed by atoms with Crippen LogP contribution in [0.1, 0.15) is 25.0 Å². The summed E-state index contributed by atoms with van der Waals surface area (Å²) in [6.07, 6.45) is -4.04. The van der Waals surface area contributed by atoms with Crippen LogP contribution in [0.3, 0.4) is 0 Å². The van der Waals surface area contributed by atoms with Gasteiger partial charge in [-0.05, 0) is 53.6 Å². The first-order valence-electron chi connectivity index (χ1n) is 18.9. The fourth-order valence-electron chi connectivity index (χ4n) is 5.43. The van der Waals surface area contributed by atoms with E-state index in [1.54, 1.807) is 24.3 Å². The van der Waals surface area contributed by atoms with Crippen LogP contribution in [0.15, 0.2) is 89.8 Å². The molecule has 0 aliphatic heterocycles. The molecule has 0 saturated carbocycles. The van der Waals surface area contributed by atoms with E-state index in [9.17, 15) is 40.8 Å². The second kappa shape index (κ2) is 23.0. The number of fused-ring (bicyclic) bond motifs is 2. The summed E-state index contributed by atoms with van der Waals surface area (Å²) >= 11 is 14.3. The van der Waals surface area contributed by atoms with Crippen molar-refractivity contribution in [3.63, 3.8) is 0 Å². The molecule has 0 aliphatic carbocycles. The largest absolute Gasteiger partial charge is 0.573 e. The van der Waals surface area contributed by atoms with Crippen molar-refractivity contribution in [3.8, 4) is 5.75 Å². The first kappa shape index (κ1) is 50.3. The maximum Gasteiger partial charge on any atom is 0.573 e. The van der Waals surface area contributed by atoms with Gasteiger partial charge in [0.2, 0.25) is 23.4 Å². The highest BCUT2D eigenvalue weighted by Gasteiger charge is 2.31. The number of anilines is 2. The van der Waals surface area contributed by atoms with Gasteiger partial charge < -0.3 is 9.47 Å². The topological polar surface area (TPSA) is 202 Å². The molecule has 6 rings (SSSR count). The summed E-state index contributed by atoms with van der Waals surface area (Å²) in [5.41, 5.74) is 8.47. The lowest BCUT2D eigenvalue weighted by atomic mass is 10.2. The van der Waals surface area contributed by atoms with Crippen molar-refractivity contribution >= 4 is 111 Å². The van der Waals surface area contributed by atoms with Gasteiger partial charge in [0.05, 0.1) is 45.0 Å². The number of sulfone groups is 1. The molecule has 0 aliphatic rings. The van der Waals surface area contributed by atoms with Crippen molar-refractivity contribution in [1.29, 1.82) is 0 Å². The van der Waals surface area contributed by atoms with Crippen LogP contribution >= 0.6 is 45.9 Å². The maximum atomic E-state index is 12.4. The minimum absolute atomic E-state index is 0.0123. The van der Waals surface area contributed by atoms with Crippen LogP contribution in [0.2, 0.25) is 10.0 Å². The van der Waals surface area contributed by atoms with Crippen LogP contribution in [0, 0.1) is 0 Å². The Morgan fingerprint density at radius 2 is 1.34 bits per heavy atom. The van der Waals surface area contributed by atoms with E-state index < -0.39 is 22.3 Å². The van der Waals surface area contributed by atoms with Crippen molar-refractivity contribution in [2.75, 3.05) is 42.9 Å². The highest BCUT2D eigenvalue weighted by molar-refractivity contribution is 7.90. The number of alkyl halides is 3. The van der Waals surface area contributed by atoms with E-state index in [4.69, 9.17) is 32.8 Å². The molecule has 0 bridgehead atoms. The van der Waals surface area contributed by atoms with E-state index >= 15 is 0 Å². The van der Waals surface area contributed by atoms with Crippen LogP contribution in [0.5, 0.6) is 5.75 Å². The van der Waals surface area contributed by atoms with Crippen LogP contribution in [0.25, 0.3) is 20.4 Å². The molecule has 2 heterocycles. The minimum atomic E-state index is -4.81. The lowest BCUT2D eigenvalue weighted by Crippen LogP contribution is -2.44. The summed E-state index contributed by atoms with van der Waals surface area (Å²) < 4.78 is 70.5. The molecule has 0 fully saturated rings. The van der Waals surface area contributed by atoms with Crippen LogP contribution < -0.4 is 26.0 Å². The van der Waals surface area contributed by atoms with Gasteiger partial charge in [0.1, 0.15) is 12.4 Å². The average Bonchev–Trinajstić information content (AvgIpc) is 3.85. The monoisotopic (exact) mass is 998 g/mol. The van der Waals surface area contributed by atoms with E-state index in [0.717, 1.165) is 51.2 Å². The molecule has 0 radical (unpaired) electrons. The molecule has 3 N–H and O–H groups in total. The molecule has 2 aromatic heterocycles. The highest BCUT2D eigenvalue weighted by Crippen LogP contribution is 2.32. The average molecular weight is 1000 g/mol. The second-order valence-corrected chi connectivity index (χ2v) is 18.2. The Bertz CT molecular complexity index is 2750. The summed E-state index contributed by atoms with van der Waals surface area (Å²) in [6, 6.07) is 22.6. The van der Waals surface area contributed by atoms with E-state index in [-0.39, 0.29) is 59.0 Å². The Labute approximate surface area is 387 Å². The summed E-state index contributed by atoms with van der Waals surface area (Å²) in [7, 11) is -3.36. The fraction of sp³-hybridized carbons (Fsp3) is 0.250. The number of nitrogens with one attached hydrogen (secondary N) is 3. The number of hydrogen-bond donors (Lipinski definition) is 3. The van der Waals surface area contributed by atoms with Crippen LogP contribution in [-0.2, 0) is 46.9 Å². The third-order valence-corrected chi connectivity index (χ3v) is 12.3. The van der Waals surface area contributed by atoms with E-state index in [1.165, 1.54) is 48.1 Å². The molecular formula is C40H39Cl2F3N8O9S3. The molecule has 0 spiro atoms. The van der Waals surface area contributed by atoms with Gasteiger partial charge in [-0.1, -0.05) is 82.3 Å². The standard InChI is InChI=1S/C20H18ClF3N4O4S.C20H21ClN4O5S2/c1-12(29)28(25-11-13-4-2-3-5-15(13)21)8-9-31-19(30)27-18-26-16-7-6-14(10-17(16)33-18)32-20(22,23)24;1-14(27)24(22-12-15-5-3-4-6-17(15)21)9-10-30-25(13-26)20-23-18-8-7-16(32(2,28)29)11-19(18)31-20/h2-7,10,25H,8-9,11H2,1H3,(H,26,27,30);3-8,11,13,22H,9-10,12H2,1-2H3. The third kappa shape index (κ3) is 15.5. The molecule has 346 valence electrons. The molecule has 0 unspecified atom stereocenters. The molecular weight excluding hydrogens is 961 g/mol. The quantitative estimate of drug-likeness (QED) is 0.0558. The van der Waals surface area contributed by atoms with Gasteiger partial charge >= 0.3 is 12.5 Å². The maximum absolute atomic E-state index is 12.4. The predicted molar refractivity (Wildman–Crippen MR) is 240 cm³/mol. The Kier molecular flexibility index (Phi) is 17.8. The van der Waals surface area contributed by atoms with Crippen molar-refractivity contribution < 1.29 is 55.1 Å². The number of thiazole rings is 2. The number of amides is 4. The van der Waals surface area contributed by atoms with Crippen LogP contribution in [0.4, 0.5) is 28.2 Å². The Hall–Kier alpha value is -5.66. The number of ether oxygens (including phenoxy) is 2. The Morgan fingerprint density at radius 3 is 1.89 bits per heavy atom. The molecule has 0 atom stereocenters. The molecule has 17 nitrogen and oxygen atoms in total. The number of halogens is 5. The number of hydrazine groups is 2. The number of hydrogen-bond acceptors (Lipinski definition) is 15. The zero-order valence-electron chi connectivity index (χ0n) is 34.4. The second-order valence-electron chi connectivity index (χ2n) is 13.3. The van der Waals surface area contributed by atoms with Gasteiger partial charge in [-0.3, -0.25) is 34.6 Å². The zero-order chi connectivity index (χ0) is 47.3. The summed E-state index contributed by atoms with van der Waals surface area (Å²) in [6.45, 7) is 3.54. The first-order valence-corrected chi connectivity index (χ1v) is 23.2. The molecule has 0 saturated heterocycles. The van der Waals surface area contributed by atoms with Crippen molar-refractivity contribution in [3.05, 3.63) is 106 Å². The molecule has 25 heteroatoms.